The zero-order valence-electron chi connectivity index (χ0n) is 28.1. The van der Waals surface area contributed by atoms with Crippen LogP contribution >= 0.6 is 11.6 Å². The molecule has 10 heteroatoms. The van der Waals surface area contributed by atoms with E-state index in [1.165, 1.54) is 0 Å². The fraction of sp³-hybridized carbons (Fsp3) is 0.459. The van der Waals surface area contributed by atoms with Crippen LogP contribution in [0.4, 0.5) is 16.2 Å². The number of epoxide rings is 1. The standard InChI is InChI=1S/C37H46ClN3O5Si/c1-37(2,3)47(5,6)44-22-24-13-16-29(28(38)18-24)39-33(42)17-14-23-12-15-27(25-10-8-7-9-11-25)30(19-23)40-36(43)45-26-20-31-34-35(46-34)32(21-26)41(31)4/h7-13,15-16,18-19,26,31-32,34-35H,14,17,20-22H2,1-6H3,(H,39,42)(H,40,43)/t26?,31-,32+,34-,35+. The maximum atomic E-state index is 13.2. The Labute approximate surface area is 284 Å². The lowest BCUT2D eigenvalue weighted by Gasteiger charge is -2.37. The molecule has 250 valence electrons. The number of likely N-dealkylation sites (N-methyl/N-ethyl adjacent to an activating group) is 1. The van der Waals surface area contributed by atoms with E-state index in [9.17, 15) is 9.59 Å². The number of nitrogens with one attached hydrogen (secondary N) is 2. The second kappa shape index (κ2) is 13.4. The number of amides is 2. The van der Waals surface area contributed by atoms with Crippen LogP contribution in [0.15, 0.2) is 66.7 Å². The first-order valence-corrected chi connectivity index (χ1v) is 19.8. The highest BCUT2D eigenvalue weighted by Gasteiger charge is 2.62. The molecular weight excluding hydrogens is 630 g/mol. The zero-order valence-corrected chi connectivity index (χ0v) is 29.9. The normalized spacial score (nSPS) is 23.6. The number of anilines is 2. The van der Waals surface area contributed by atoms with E-state index in [-0.39, 0.29) is 35.7 Å². The summed E-state index contributed by atoms with van der Waals surface area (Å²) in [5.41, 5.74) is 4.99. The molecule has 1 unspecified atom stereocenters. The van der Waals surface area contributed by atoms with E-state index in [0.29, 0.717) is 41.5 Å². The topological polar surface area (TPSA) is 92.4 Å². The number of hydrogen-bond donors (Lipinski definition) is 2. The smallest absolute Gasteiger partial charge is 0.411 e. The Bertz CT molecular complexity index is 1610. The fourth-order valence-electron chi connectivity index (χ4n) is 6.51. The van der Waals surface area contributed by atoms with Crippen molar-refractivity contribution in [1.29, 1.82) is 0 Å². The molecule has 3 aliphatic rings. The minimum absolute atomic E-state index is 0.120. The van der Waals surface area contributed by atoms with Crippen LogP contribution in [0, 0.1) is 0 Å². The third-order valence-electron chi connectivity index (χ3n) is 10.4. The molecule has 0 spiro atoms. The summed E-state index contributed by atoms with van der Waals surface area (Å²) in [7, 11) is 0.246. The van der Waals surface area contributed by atoms with Crippen molar-refractivity contribution in [2.45, 2.75) is 102 Å². The summed E-state index contributed by atoms with van der Waals surface area (Å²) in [6.45, 7) is 11.6. The van der Waals surface area contributed by atoms with Gasteiger partial charge in [-0.1, -0.05) is 80.9 Å². The van der Waals surface area contributed by atoms with E-state index in [1.807, 2.05) is 66.7 Å². The summed E-state index contributed by atoms with van der Waals surface area (Å²) in [6, 6.07) is 22.1. The molecule has 3 heterocycles. The largest absolute Gasteiger partial charge is 0.446 e. The average Bonchev–Trinajstić information content (AvgIpc) is 3.79. The summed E-state index contributed by atoms with van der Waals surface area (Å²) in [5, 5.41) is 6.57. The van der Waals surface area contributed by atoms with Gasteiger partial charge in [0, 0.05) is 36.9 Å². The molecule has 0 radical (unpaired) electrons. The summed E-state index contributed by atoms with van der Waals surface area (Å²) in [6.07, 6.45) is 2.25. The number of ether oxygens (including phenoxy) is 2. The summed E-state index contributed by atoms with van der Waals surface area (Å²) in [4.78, 5) is 28.5. The van der Waals surface area contributed by atoms with Crippen molar-refractivity contribution < 1.29 is 23.5 Å². The predicted octanol–water partition coefficient (Wildman–Crippen LogP) is 8.26. The van der Waals surface area contributed by atoms with Gasteiger partial charge in [-0.2, -0.15) is 0 Å². The van der Waals surface area contributed by atoms with Crippen LogP contribution in [0.25, 0.3) is 11.1 Å². The molecule has 3 saturated heterocycles. The third kappa shape index (κ3) is 7.60. The number of fused-ring (bicyclic) bond motifs is 5. The minimum atomic E-state index is -1.89. The van der Waals surface area contributed by atoms with Crippen molar-refractivity contribution in [2.75, 3.05) is 17.7 Å². The van der Waals surface area contributed by atoms with Crippen LogP contribution in [0.3, 0.4) is 0 Å². The van der Waals surface area contributed by atoms with Crippen molar-refractivity contribution in [3.05, 3.63) is 82.9 Å². The average molecular weight is 676 g/mol. The first-order chi connectivity index (χ1) is 22.3. The highest BCUT2D eigenvalue weighted by Crippen LogP contribution is 2.48. The highest BCUT2D eigenvalue weighted by atomic mass is 35.5. The monoisotopic (exact) mass is 675 g/mol. The second-order valence-corrected chi connectivity index (χ2v) is 19.9. The first-order valence-electron chi connectivity index (χ1n) is 16.5. The van der Waals surface area contributed by atoms with Crippen LogP contribution in [-0.4, -0.2) is 62.7 Å². The number of aryl methyl sites for hydroxylation is 1. The molecule has 2 N–H and O–H groups in total. The van der Waals surface area contributed by atoms with Gasteiger partial charge < -0.3 is 19.2 Å². The number of hydrogen-bond acceptors (Lipinski definition) is 6. The Morgan fingerprint density at radius 3 is 2.28 bits per heavy atom. The number of rotatable bonds is 10. The maximum Gasteiger partial charge on any atom is 0.411 e. The van der Waals surface area contributed by atoms with Crippen molar-refractivity contribution in [2.24, 2.45) is 0 Å². The molecule has 3 fully saturated rings. The van der Waals surface area contributed by atoms with Gasteiger partial charge in [0.05, 0.1) is 23.0 Å². The van der Waals surface area contributed by atoms with Crippen molar-refractivity contribution in [3.63, 3.8) is 0 Å². The van der Waals surface area contributed by atoms with Crippen LogP contribution in [0.5, 0.6) is 0 Å². The molecule has 2 bridgehead atoms. The SMILES string of the molecule is CN1[C@@H]2CC(OC(=O)Nc3cc(CCC(=O)Nc4ccc(CO[Si](C)(C)C(C)(C)C)cc4Cl)ccc3-c3ccccc3)C[C@H]1[C@@H]1O[C@@H]12. The lowest BCUT2D eigenvalue weighted by Crippen LogP contribution is -2.48. The predicted molar refractivity (Wildman–Crippen MR) is 189 cm³/mol. The molecule has 3 aromatic carbocycles. The number of morpholine rings is 1. The van der Waals surface area contributed by atoms with E-state index in [1.54, 1.807) is 0 Å². The third-order valence-corrected chi connectivity index (χ3v) is 15.2. The van der Waals surface area contributed by atoms with Gasteiger partial charge in [0.15, 0.2) is 8.32 Å². The molecule has 6 rings (SSSR count). The van der Waals surface area contributed by atoms with Crippen LogP contribution in [-0.2, 0) is 31.7 Å². The number of carbonyl (C=O) groups is 2. The Morgan fingerprint density at radius 2 is 1.62 bits per heavy atom. The molecule has 8 nitrogen and oxygen atoms in total. The van der Waals surface area contributed by atoms with E-state index >= 15 is 0 Å². The molecule has 3 aromatic rings. The highest BCUT2D eigenvalue weighted by molar-refractivity contribution is 6.74. The number of carbonyl (C=O) groups excluding carboxylic acids is 2. The minimum Gasteiger partial charge on any atom is -0.446 e. The summed E-state index contributed by atoms with van der Waals surface area (Å²) < 4.78 is 18.1. The lowest BCUT2D eigenvalue weighted by molar-refractivity contribution is -0.116. The van der Waals surface area contributed by atoms with Crippen molar-refractivity contribution in [3.8, 4) is 11.1 Å². The van der Waals surface area contributed by atoms with Crippen molar-refractivity contribution in [1.82, 2.24) is 4.90 Å². The number of benzene rings is 3. The Balaban J connectivity index is 1.07. The van der Waals surface area contributed by atoms with Gasteiger partial charge in [-0.05, 0) is 66.5 Å². The van der Waals surface area contributed by atoms with Crippen molar-refractivity contribution >= 4 is 43.3 Å². The van der Waals surface area contributed by atoms with Gasteiger partial charge in [0.25, 0.3) is 0 Å². The Hall–Kier alpha value is -3.21. The first kappa shape index (κ1) is 33.7. The number of piperidine rings is 1. The van der Waals surface area contributed by atoms with E-state index in [2.05, 4.69) is 56.4 Å². The summed E-state index contributed by atoms with van der Waals surface area (Å²) >= 11 is 6.56. The summed E-state index contributed by atoms with van der Waals surface area (Å²) in [5.74, 6) is -0.142. The van der Waals surface area contributed by atoms with Gasteiger partial charge in [0.2, 0.25) is 5.91 Å². The maximum absolute atomic E-state index is 13.2. The lowest BCUT2D eigenvalue weighted by atomic mass is 9.99. The Kier molecular flexibility index (Phi) is 9.57. The van der Waals surface area contributed by atoms with E-state index < -0.39 is 14.4 Å². The van der Waals surface area contributed by atoms with Gasteiger partial charge in [-0.25, -0.2) is 4.79 Å². The van der Waals surface area contributed by atoms with Gasteiger partial charge >= 0.3 is 6.09 Å². The number of halogens is 1. The fourth-order valence-corrected chi connectivity index (χ4v) is 7.72. The van der Waals surface area contributed by atoms with Gasteiger partial charge in [0.1, 0.15) is 18.3 Å². The molecule has 3 aliphatic heterocycles. The molecule has 0 aliphatic carbocycles. The zero-order chi connectivity index (χ0) is 33.5. The molecule has 5 atom stereocenters. The molecular formula is C37H46ClN3O5Si. The van der Waals surface area contributed by atoms with Gasteiger partial charge in [-0.15, -0.1) is 0 Å². The van der Waals surface area contributed by atoms with E-state index in [4.69, 9.17) is 25.5 Å². The Morgan fingerprint density at radius 1 is 0.936 bits per heavy atom. The van der Waals surface area contributed by atoms with E-state index in [0.717, 1.165) is 35.1 Å². The second-order valence-electron chi connectivity index (χ2n) is 14.6. The van der Waals surface area contributed by atoms with Crippen LogP contribution in [0.2, 0.25) is 23.2 Å². The number of nitrogens with zero attached hydrogens (tertiary/aromatic N) is 1. The molecule has 2 amide bonds. The quantitative estimate of drug-likeness (QED) is 0.166. The molecule has 47 heavy (non-hydrogen) atoms. The van der Waals surface area contributed by atoms with Crippen LogP contribution in [0.1, 0.15) is 51.2 Å². The molecule has 0 aromatic heterocycles. The molecule has 0 saturated carbocycles. The van der Waals surface area contributed by atoms with Gasteiger partial charge in [-0.3, -0.25) is 15.0 Å². The van der Waals surface area contributed by atoms with Crippen LogP contribution < -0.4 is 10.6 Å².